The van der Waals surface area contributed by atoms with Crippen molar-refractivity contribution in [3.05, 3.63) is 69.3 Å². The average Bonchev–Trinajstić information content (AvgIpc) is 3.06. The zero-order chi connectivity index (χ0) is 15.7. The number of hydrogen-bond donors (Lipinski definition) is 0. The van der Waals surface area contributed by atoms with Crippen molar-refractivity contribution in [2.45, 2.75) is 20.0 Å². The number of carbonyl (C=O) groups is 1. The molecule has 0 spiro atoms. The Morgan fingerprint density at radius 2 is 1.86 bits per heavy atom. The molecule has 0 saturated heterocycles. The fraction of sp³-hybridized carbons (Fsp3) is 0.188. The van der Waals surface area contributed by atoms with Gasteiger partial charge in [0.2, 0.25) is 5.78 Å². The minimum absolute atomic E-state index is 0.173. The molecule has 3 rings (SSSR count). The first-order chi connectivity index (χ1) is 10.6. The number of rotatable bonds is 4. The Morgan fingerprint density at radius 1 is 1.09 bits per heavy atom. The van der Waals surface area contributed by atoms with Gasteiger partial charge >= 0.3 is 5.69 Å². The molecule has 0 saturated carbocycles. The molecule has 0 N–H and O–H groups in total. The summed E-state index contributed by atoms with van der Waals surface area (Å²) in [7, 11) is 0. The first kappa shape index (κ1) is 14.1. The second-order valence-corrected chi connectivity index (χ2v) is 4.84. The highest BCUT2D eigenvalue weighted by atomic mass is 16.3. The van der Waals surface area contributed by atoms with Gasteiger partial charge in [-0.15, -0.1) is 0 Å². The van der Waals surface area contributed by atoms with Crippen LogP contribution in [-0.2, 0) is 13.1 Å². The lowest BCUT2D eigenvalue weighted by Gasteiger charge is -2.12. The van der Waals surface area contributed by atoms with Crippen molar-refractivity contribution >= 4 is 16.7 Å². The quantitative estimate of drug-likeness (QED) is 0.687. The molecule has 0 aliphatic heterocycles. The Balaban J connectivity index is 2.22. The van der Waals surface area contributed by atoms with Gasteiger partial charge in [-0.1, -0.05) is 12.1 Å². The van der Waals surface area contributed by atoms with Gasteiger partial charge in [0.15, 0.2) is 5.76 Å². The maximum Gasteiger partial charge on any atom is 0.331 e. The molecule has 2 heterocycles. The van der Waals surface area contributed by atoms with E-state index < -0.39 is 5.69 Å². The van der Waals surface area contributed by atoms with Crippen LogP contribution in [0.15, 0.2) is 56.7 Å². The topological polar surface area (TPSA) is 74.2 Å². The van der Waals surface area contributed by atoms with Gasteiger partial charge in [0.1, 0.15) is 0 Å². The minimum atomic E-state index is -0.494. The Labute approximate surface area is 125 Å². The van der Waals surface area contributed by atoms with E-state index >= 15 is 0 Å². The molecule has 0 atom stereocenters. The number of nitrogens with zero attached hydrogens (tertiary/aromatic N) is 2. The number of furan rings is 1. The smallest absolute Gasteiger partial charge is 0.331 e. The van der Waals surface area contributed by atoms with E-state index in [0.29, 0.717) is 10.9 Å². The fourth-order valence-corrected chi connectivity index (χ4v) is 2.46. The summed E-state index contributed by atoms with van der Waals surface area (Å²) in [6.07, 6.45) is 1.40. The zero-order valence-corrected chi connectivity index (χ0v) is 12.0. The lowest BCUT2D eigenvalue weighted by molar-refractivity contribution is 0.0944. The molecule has 0 radical (unpaired) electrons. The Kier molecular flexibility index (Phi) is 3.50. The van der Waals surface area contributed by atoms with Crippen LogP contribution in [0.5, 0.6) is 0 Å². The Morgan fingerprint density at radius 3 is 2.55 bits per heavy atom. The number of aromatic nitrogens is 2. The van der Waals surface area contributed by atoms with E-state index in [1.165, 1.54) is 10.8 Å². The highest BCUT2D eigenvalue weighted by molar-refractivity contribution is 5.94. The van der Waals surface area contributed by atoms with E-state index in [4.69, 9.17) is 4.42 Å². The third kappa shape index (κ3) is 2.18. The number of para-hydroxylation sites is 1. The van der Waals surface area contributed by atoms with Crippen molar-refractivity contribution in [1.82, 2.24) is 9.13 Å². The molecule has 22 heavy (non-hydrogen) atoms. The lowest BCUT2D eigenvalue weighted by Crippen LogP contribution is -2.40. The zero-order valence-electron chi connectivity index (χ0n) is 12.0. The Hall–Kier alpha value is -2.89. The molecule has 6 nitrogen and oxygen atoms in total. The SMILES string of the molecule is CCn1c(=O)c2ccccc2n(CC(=O)c2ccco2)c1=O. The van der Waals surface area contributed by atoms with E-state index in [2.05, 4.69) is 0 Å². The fourth-order valence-electron chi connectivity index (χ4n) is 2.46. The van der Waals surface area contributed by atoms with Crippen molar-refractivity contribution in [2.75, 3.05) is 0 Å². The number of hydrogen-bond acceptors (Lipinski definition) is 4. The first-order valence-corrected chi connectivity index (χ1v) is 6.92. The van der Waals surface area contributed by atoms with Gasteiger partial charge < -0.3 is 4.42 Å². The molecule has 2 aromatic heterocycles. The molecular weight excluding hydrogens is 284 g/mol. The highest BCUT2D eigenvalue weighted by Gasteiger charge is 2.16. The predicted octanol–water partition coefficient (Wildman–Crippen LogP) is 1.66. The van der Waals surface area contributed by atoms with Crippen molar-refractivity contribution in [3.8, 4) is 0 Å². The summed E-state index contributed by atoms with van der Waals surface area (Å²) >= 11 is 0. The molecule has 1 aromatic carbocycles. The van der Waals surface area contributed by atoms with Crippen molar-refractivity contribution < 1.29 is 9.21 Å². The molecule has 0 aliphatic rings. The summed E-state index contributed by atoms with van der Waals surface area (Å²) in [5.41, 5.74) is -0.391. The summed E-state index contributed by atoms with van der Waals surface area (Å²) in [4.78, 5) is 37.0. The van der Waals surface area contributed by atoms with Crippen LogP contribution in [-0.4, -0.2) is 14.9 Å². The van der Waals surface area contributed by atoms with Crippen LogP contribution >= 0.6 is 0 Å². The molecule has 0 unspecified atom stereocenters. The number of ketones is 1. The monoisotopic (exact) mass is 298 g/mol. The van der Waals surface area contributed by atoms with Gasteiger partial charge in [-0.05, 0) is 31.2 Å². The largest absolute Gasteiger partial charge is 0.461 e. The molecule has 6 heteroatoms. The van der Waals surface area contributed by atoms with Crippen LogP contribution in [0.4, 0.5) is 0 Å². The van der Waals surface area contributed by atoms with Crippen molar-refractivity contribution in [1.29, 1.82) is 0 Å². The van der Waals surface area contributed by atoms with Gasteiger partial charge in [-0.2, -0.15) is 0 Å². The molecular formula is C16H14N2O4. The van der Waals surface area contributed by atoms with Crippen LogP contribution in [0, 0.1) is 0 Å². The normalized spacial score (nSPS) is 11.0. The van der Waals surface area contributed by atoms with Gasteiger partial charge in [0, 0.05) is 6.54 Å². The number of Topliss-reactive ketones (excluding diaryl/α,β-unsaturated/α-hetero) is 1. The third-order valence-electron chi connectivity index (χ3n) is 3.55. The maximum absolute atomic E-state index is 12.5. The van der Waals surface area contributed by atoms with Gasteiger partial charge in [0.05, 0.1) is 23.7 Å². The molecule has 0 amide bonds. The van der Waals surface area contributed by atoms with Crippen molar-refractivity contribution in [2.24, 2.45) is 0 Å². The Bertz CT molecular complexity index is 948. The van der Waals surface area contributed by atoms with E-state index in [9.17, 15) is 14.4 Å². The molecule has 3 aromatic rings. The molecule has 0 fully saturated rings. The standard InChI is InChI=1S/C16H14N2O4/c1-2-17-15(20)11-6-3-4-7-12(11)18(16(17)21)10-13(19)14-8-5-9-22-14/h3-9H,2,10H2,1H3. The van der Waals surface area contributed by atoms with Gasteiger partial charge in [0.25, 0.3) is 5.56 Å². The van der Waals surface area contributed by atoms with Crippen LogP contribution in [0.1, 0.15) is 17.5 Å². The van der Waals surface area contributed by atoms with Crippen LogP contribution < -0.4 is 11.2 Å². The van der Waals surface area contributed by atoms with Crippen LogP contribution in [0.25, 0.3) is 10.9 Å². The molecule has 112 valence electrons. The number of benzene rings is 1. The minimum Gasteiger partial charge on any atom is -0.461 e. The highest BCUT2D eigenvalue weighted by Crippen LogP contribution is 2.09. The van der Waals surface area contributed by atoms with E-state index in [1.807, 2.05) is 0 Å². The van der Waals surface area contributed by atoms with E-state index in [1.54, 1.807) is 43.3 Å². The van der Waals surface area contributed by atoms with Crippen LogP contribution in [0.3, 0.4) is 0 Å². The second kappa shape index (κ2) is 5.48. The predicted molar refractivity (Wildman–Crippen MR) is 81.2 cm³/mol. The molecule has 0 bridgehead atoms. The number of fused-ring (bicyclic) bond motifs is 1. The van der Waals surface area contributed by atoms with E-state index in [0.717, 1.165) is 4.57 Å². The summed E-state index contributed by atoms with van der Waals surface area (Å²) in [6, 6.07) is 9.93. The lowest BCUT2D eigenvalue weighted by atomic mass is 10.2. The van der Waals surface area contributed by atoms with E-state index in [-0.39, 0.29) is 30.2 Å². The van der Waals surface area contributed by atoms with Gasteiger partial charge in [-0.3, -0.25) is 18.7 Å². The second-order valence-electron chi connectivity index (χ2n) is 4.84. The summed E-state index contributed by atoms with van der Waals surface area (Å²) in [5.74, 6) is -0.135. The maximum atomic E-state index is 12.5. The molecule has 0 aliphatic carbocycles. The van der Waals surface area contributed by atoms with Crippen molar-refractivity contribution in [3.63, 3.8) is 0 Å². The summed E-state index contributed by atoms with van der Waals surface area (Å²) in [5, 5.41) is 0.413. The third-order valence-corrected chi connectivity index (χ3v) is 3.55. The summed E-state index contributed by atoms with van der Waals surface area (Å²) in [6.45, 7) is 1.79. The first-order valence-electron chi connectivity index (χ1n) is 6.92. The number of carbonyl (C=O) groups excluding carboxylic acids is 1. The summed E-state index contributed by atoms with van der Waals surface area (Å²) < 4.78 is 7.50. The van der Waals surface area contributed by atoms with Crippen LogP contribution in [0.2, 0.25) is 0 Å². The average molecular weight is 298 g/mol. The van der Waals surface area contributed by atoms with Gasteiger partial charge in [-0.25, -0.2) is 4.79 Å².